The van der Waals surface area contributed by atoms with Crippen LogP contribution in [0.4, 0.5) is 0 Å². The van der Waals surface area contributed by atoms with Crippen molar-refractivity contribution in [2.75, 3.05) is 19.7 Å². The van der Waals surface area contributed by atoms with E-state index in [0.29, 0.717) is 31.1 Å². The van der Waals surface area contributed by atoms with Gasteiger partial charge in [-0.2, -0.15) is 4.31 Å². The zero-order valence-corrected chi connectivity index (χ0v) is 11.3. The SMILES string of the molecule is CC1CN(S(=O)(=O)c2csc(CN)c2)CCO1. The van der Waals surface area contributed by atoms with Gasteiger partial charge in [0.2, 0.25) is 10.0 Å². The van der Waals surface area contributed by atoms with Crippen LogP contribution < -0.4 is 5.73 Å². The van der Waals surface area contributed by atoms with E-state index in [1.54, 1.807) is 11.4 Å². The van der Waals surface area contributed by atoms with Crippen LogP contribution in [0.5, 0.6) is 0 Å². The second-order valence-corrected chi connectivity index (χ2v) is 6.93. The van der Waals surface area contributed by atoms with Crippen LogP contribution in [-0.2, 0) is 21.3 Å². The summed E-state index contributed by atoms with van der Waals surface area (Å²) in [4.78, 5) is 1.22. The lowest BCUT2D eigenvalue weighted by Crippen LogP contribution is -2.44. The van der Waals surface area contributed by atoms with Crippen LogP contribution in [0.1, 0.15) is 11.8 Å². The Labute approximate surface area is 105 Å². The first-order valence-electron chi connectivity index (χ1n) is 5.43. The number of morpholine rings is 1. The average molecular weight is 276 g/mol. The van der Waals surface area contributed by atoms with Crippen molar-refractivity contribution in [1.82, 2.24) is 4.31 Å². The molecule has 2 heterocycles. The lowest BCUT2D eigenvalue weighted by Gasteiger charge is -2.29. The lowest BCUT2D eigenvalue weighted by molar-refractivity contribution is 0.0102. The molecule has 0 aromatic carbocycles. The molecule has 1 fully saturated rings. The van der Waals surface area contributed by atoms with Crippen molar-refractivity contribution in [2.45, 2.75) is 24.5 Å². The van der Waals surface area contributed by atoms with Crippen LogP contribution in [0.25, 0.3) is 0 Å². The Bertz CT molecular complexity index is 483. The summed E-state index contributed by atoms with van der Waals surface area (Å²) in [6.07, 6.45) is -0.0499. The molecule has 0 spiro atoms. The molecule has 1 aromatic heterocycles. The summed E-state index contributed by atoms with van der Waals surface area (Å²) in [6.45, 7) is 3.53. The van der Waals surface area contributed by atoms with Crippen molar-refractivity contribution in [3.63, 3.8) is 0 Å². The molecule has 1 aliphatic rings. The van der Waals surface area contributed by atoms with Crippen molar-refractivity contribution < 1.29 is 13.2 Å². The first-order chi connectivity index (χ1) is 8.04. The van der Waals surface area contributed by atoms with Gasteiger partial charge < -0.3 is 10.5 Å². The van der Waals surface area contributed by atoms with Gasteiger partial charge in [-0.15, -0.1) is 11.3 Å². The molecule has 7 heteroatoms. The van der Waals surface area contributed by atoms with Crippen molar-refractivity contribution in [3.05, 3.63) is 16.3 Å². The molecule has 0 aliphatic carbocycles. The monoisotopic (exact) mass is 276 g/mol. The Balaban J connectivity index is 2.23. The normalized spacial score (nSPS) is 22.8. The molecule has 1 aliphatic heterocycles. The van der Waals surface area contributed by atoms with Crippen LogP contribution in [0.2, 0.25) is 0 Å². The standard InChI is InChI=1S/C10H16N2O3S2/c1-8-6-12(2-3-15-8)17(13,14)10-4-9(5-11)16-7-10/h4,7-8H,2-3,5-6,11H2,1H3. The van der Waals surface area contributed by atoms with Gasteiger partial charge in [0.25, 0.3) is 0 Å². The molecule has 1 saturated heterocycles. The first-order valence-corrected chi connectivity index (χ1v) is 7.75. The highest BCUT2D eigenvalue weighted by atomic mass is 32.2. The Morgan fingerprint density at radius 2 is 2.41 bits per heavy atom. The number of hydrogen-bond acceptors (Lipinski definition) is 5. The largest absolute Gasteiger partial charge is 0.376 e. The Morgan fingerprint density at radius 3 is 3.00 bits per heavy atom. The maximum atomic E-state index is 12.3. The fourth-order valence-corrected chi connectivity index (χ4v) is 4.40. The molecular formula is C10H16N2O3S2. The molecular weight excluding hydrogens is 260 g/mol. The summed E-state index contributed by atoms with van der Waals surface area (Å²) < 4.78 is 31.4. The molecule has 96 valence electrons. The van der Waals surface area contributed by atoms with Gasteiger partial charge in [0, 0.05) is 29.9 Å². The smallest absolute Gasteiger partial charge is 0.244 e. The maximum absolute atomic E-state index is 12.3. The van der Waals surface area contributed by atoms with Gasteiger partial charge in [-0.1, -0.05) is 0 Å². The van der Waals surface area contributed by atoms with E-state index in [1.807, 2.05) is 6.92 Å². The number of ether oxygens (including phenoxy) is 1. The number of hydrogen-bond donors (Lipinski definition) is 1. The van der Waals surface area contributed by atoms with Crippen molar-refractivity contribution in [1.29, 1.82) is 0 Å². The Hall–Kier alpha value is -0.470. The first kappa shape index (κ1) is 13.0. The van der Waals surface area contributed by atoms with E-state index >= 15 is 0 Å². The highest BCUT2D eigenvalue weighted by molar-refractivity contribution is 7.89. The summed E-state index contributed by atoms with van der Waals surface area (Å²) in [6, 6.07) is 1.65. The third-order valence-electron chi connectivity index (χ3n) is 2.67. The predicted molar refractivity (Wildman–Crippen MR) is 66.4 cm³/mol. The number of thiophene rings is 1. The van der Waals surface area contributed by atoms with Gasteiger partial charge in [-0.25, -0.2) is 8.42 Å². The third-order valence-corrected chi connectivity index (χ3v) is 5.62. The summed E-state index contributed by atoms with van der Waals surface area (Å²) in [5.41, 5.74) is 5.49. The third kappa shape index (κ3) is 2.69. The van der Waals surface area contributed by atoms with E-state index in [9.17, 15) is 8.42 Å². The van der Waals surface area contributed by atoms with Gasteiger partial charge in [0.15, 0.2) is 0 Å². The minimum absolute atomic E-state index is 0.0499. The highest BCUT2D eigenvalue weighted by Gasteiger charge is 2.29. The van der Waals surface area contributed by atoms with Crippen molar-refractivity contribution >= 4 is 21.4 Å². The van der Waals surface area contributed by atoms with Crippen molar-refractivity contribution in [2.24, 2.45) is 5.73 Å². The average Bonchev–Trinajstić information content (AvgIpc) is 2.78. The zero-order chi connectivity index (χ0) is 12.5. The van der Waals surface area contributed by atoms with Gasteiger partial charge in [-0.3, -0.25) is 0 Å². The molecule has 2 rings (SSSR count). The van der Waals surface area contributed by atoms with E-state index in [1.165, 1.54) is 15.6 Å². The van der Waals surface area contributed by atoms with E-state index in [-0.39, 0.29) is 6.10 Å². The van der Waals surface area contributed by atoms with E-state index < -0.39 is 10.0 Å². The summed E-state index contributed by atoms with van der Waals surface area (Å²) >= 11 is 1.38. The van der Waals surface area contributed by atoms with E-state index in [4.69, 9.17) is 10.5 Å². The number of rotatable bonds is 3. The molecule has 17 heavy (non-hydrogen) atoms. The molecule has 0 amide bonds. The Morgan fingerprint density at radius 1 is 1.65 bits per heavy atom. The van der Waals surface area contributed by atoms with Crippen LogP contribution >= 0.6 is 11.3 Å². The highest BCUT2D eigenvalue weighted by Crippen LogP contribution is 2.23. The van der Waals surface area contributed by atoms with Gasteiger partial charge >= 0.3 is 0 Å². The summed E-state index contributed by atoms with van der Waals surface area (Å²) in [5.74, 6) is 0. The fourth-order valence-electron chi connectivity index (χ4n) is 1.76. The zero-order valence-electron chi connectivity index (χ0n) is 9.63. The summed E-state index contributed by atoms with van der Waals surface area (Å²) in [5, 5.41) is 1.65. The molecule has 1 aromatic rings. The predicted octanol–water partition coefficient (Wildman–Crippen LogP) is 0.616. The van der Waals surface area contributed by atoms with Crippen LogP contribution in [0.15, 0.2) is 16.3 Å². The second kappa shape index (κ2) is 5.03. The molecule has 0 bridgehead atoms. The quantitative estimate of drug-likeness (QED) is 0.878. The summed E-state index contributed by atoms with van der Waals surface area (Å²) in [7, 11) is -3.38. The number of nitrogens with zero attached hydrogens (tertiary/aromatic N) is 1. The van der Waals surface area contributed by atoms with Crippen LogP contribution in [0.3, 0.4) is 0 Å². The van der Waals surface area contributed by atoms with Crippen molar-refractivity contribution in [3.8, 4) is 0 Å². The minimum Gasteiger partial charge on any atom is -0.376 e. The fraction of sp³-hybridized carbons (Fsp3) is 0.600. The molecule has 5 nitrogen and oxygen atoms in total. The minimum atomic E-state index is -3.38. The number of nitrogens with two attached hydrogens (primary N) is 1. The maximum Gasteiger partial charge on any atom is 0.244 e. The van der Waals surface area contributed by atoms with E-state index in [0.717, 1.165) is 4.88 Å². The van der Waals surface area contributed by atoms with Crippen LogP contribution in [0, 0.1) is 0 Å². The molecule has 1 atom stereocenters. The number of sulfonamides is 1. The van der Waals surface area contributed by atoms with Gasteiger partial charge in [0.05, 0.1) is 17.6 Å². The molecule has 1 unspecified atom stereocenters. The Kier molecular flexibility index (Phi) is 3.84. The van der Waals surface area contributed by atoms with E-state index in [2.05, 4.69) is 0 Å². The van der Waals surface area contributed by atoms with Gasteiger partial charge in [0.1, 0.15) is 0 Å². The van der Waals surface area contributed by atoms with Gasteiger partial charge in [-0.05, 0) is 13.0 Å². The molecule has 0 saturated carbocycles. The molecule has 0 radical (unpaired) electrons. The topological polar surface area (TPSA) is 72.6 Å². The lowest BCUT2D eigenvalue weighted by atomic mass is 10.3. The van der Waals surface area contributed by atoms with Crippen LogP contribution in [-0.4, -0.2) is 38.5 Å². The molecule has 2 N–H and O–H groups in total. The second-order valence-electron chi connectivity index (χ2n) is 4.00.